The zero-order valence-corrected chi connectivity index (χ0v) is 13.6. The molecule has 0 spiro atoms. The van der Waals surface area contributed by atoms with Crippen molar-refractivity contribution in [3.05, 3.63) is 11.4 Å². The first kappa shape index (κ1) is 16.0. The third kappa shape index (κ3) is 4.04. The molecule has 0 amide bonds. The van der Waals surface area contributed by atoms with Gasteiger partial charge in [-0.05, 0) is 6.92 Å². The SMILES string of the molecule is CNc1nc(C(C)(C)C)nc(NCC2COCCO2)c1C. The van der Waals surface area contributed by atoms with Gasteiger partial charge in [0.1, 0.15) is 17.5 Å². The summed E-state index contributed by atoms with van der Waals surface area (Å²) in [5.41, 5.74) is 0.919. The molecule has 2 N–H and O–H groups in total. The van der Waals surface area contributed by atoms with Crippen molar-refractivity contribution in [3.63, 3.8) is 0 Å². The molecule has 21 heavy (non-hydrogen) atoms. The molecule has 0 bridgehead atoms. The molecule has 0 saturated carbocycles. The van der Waals surface area contributed by atoms with Crippen LogP contribution in [-0.4, -0.2) is 49.5 Å². The molecule has 1 aromatic rings. The van der Waals surface area contributed by atoms with Crippen molar-refractivity contribution in [2.24, 2.45) is 0 Å². The molecular weight excluding hydrogens is 268 g/mol. The number of hydrogen-bond acceptors (Lipinski definition) is 6. The highest BCUT2D eigenvalue weighted by atomic mass is 16.6. The Morgan fingerprint density at radius 3 is 2.48 bits per heavy atom. The second-order valence-electron chi connectivity index (χ2n) is 6.32. The second-order valence-corrected chi connectivity index (χ2v) is 6.32. The molecule has 0 radical (unpaired) electrons. The van der Waals surface area contributed by atoms with Gasteiger partial charge in [-0.3, -0.25) is 0 Å². The van der Waals surface area contributed by atoms with Crippen LogP contribution in [0.15, 0.2) is 0 Å². The average molecular weight is 294 g/mol. The maximum atomic E-state index is 5.65. The first-order valence-electron chi connectivity index (χ1n) is 7.42. The first-order valence-corrected chi connectivity index (χ1v) is 7.42. The Balaban J connectivity index is 2.16. The van der Waals surface area contributed by atoms with Crippen LogP contribution in [0, 0.1) is 6.92 Å². The molecule has 118 valence electrons. The Kier molecular flexibility index (Phi) is 5.00. The number of hydrogen-bond donors (Lipinski definition) is 2. The van der Waals surface area contributed by atoms with Crippen molar-refractivity contribution in [2.45, 2.75) is 39.2 Å². The molecule has 1 aliphatic rings. The van der Waals surface area contributed by atoms with E-state index >= 15 is 0 Å². The van der Waals surface area contributed by atoms with Gasteiger partial charge in [0.15, 0.2) is 0 Å². The lowest BCUT2D eigenvalue weighted by Crippen LogP contribution is -2.34. The second kappa shape index (κ2) is 6.58. The highest BCUT2D eigenvalue weighted by Crippen LogP contribution is 2.26. The summed E-state index contributed by atoms with van der Waals surface area (Å²) in [4.78, 5) is 9.28. The number of rotatable bonds is 4. The van der Waals surface area contributed by atoms with Crippen molar-refractivity contribution in [2.75, 3.05) is 44.0 Å². The van der Waals surface area contributed by atoms with E-state index in [1.165, 1.54) is 0 Å². The summed E-state index contributed by atoms with van der Waals surface area (Å²) >= 11 is 0. The standard InChI is InChI=1S/C15H26N4O2/c1-10-12(16-5)18-14(15(2,3)4)19-13(10)17-8-11-9-20-6-7-21-11/h11H,6-9H2,1-5H3,(H2,16,17,18,19). The fraction of sp³-hybridized carbons (Fsp3) is 0.733. The summed E-state index contributed by atoms with van der Waals surface area (Å²) in [6, 6.07) is 0. The Labute approximate surface area is 126 Å². The summed E-state index contributed by atoms with van der Waals surface area (Å²) in [5.74, 6) is 2.53. The molecule has 1 fully saturated rings. The van der Waals surface area contributed by atoms with Gasteiger partial charge in [-0.2, -0.15) is 0 Å². The van der Waals surface area contributed by atoms with Crippen LogP contribution < -0.4 is 10.6 Å². The minimum absolute atomic E-state index is 0.0734. The quantitative estimate of drug-likeness (QED) is 0.884. The van der Waals surface area contributed by atoms with Gasteiger partial charge < -0.3 is 20.1 Å². The molecule has 1 aliphatic heterocycles. The highest BCUT2D eigenvalue weighted by molar-refractivity contribution is 5.57. The number of nitrogens with zero attached hydrogens (tertiary/aromatic N) is 2. The minimum atomic E-state index is -0.0970. The van der Waals surface area contributed by atoms with Crippen LogP contribution in [0.25, 0.3) is 0 Å². The Morgan fingerprint density at radius 2 is 1.90 bits per heavy atom. The van der Waals surface area contributed by atoms with Crippen LogP contribution in [0.4, 0.5) is 11.6 Å². The molecule has 2 heterocycles. The Bertz CT molecular complexity index is 479. The summed E-state index contributed by atoms with van der Waals surface area (Å²) in [6.45, 7) is 11.0. The predicted molar refractivity (Wildman–Crippen MR) is 84.1 cm³/mol. The van der Waals surface area contributed by atoms with Crippen LogP contribution in [-0.2, 0) is 14.9 Å². The zero-order valence-electron chi connectivity index (χ0n) is 13.6. The van der Waals surface area contributed by atoms with Crippen molar-refractivity contribution in [3.8, 4) is 0 Å². The number of anilines is 2. The smallest absolute Gasteiger partial charge is 0.138 e. The third-order valence-corrected chi connectivity index (χ3v) is 3.44. The summed E-state index contributed by atoms with van der Waals surface area (Å²) in [6.07, 6.45) is 0.0734. The molecule has 1 aromatic heterocycles. The van der Waals surface area contributed by atoms with Gasteiger partial charge in [-0.1, -0.05) is 20.8 Å². The summed E-state index contributed by atoms with van der Waals surface area (Å²) in [5, 5.41) is 6.51. The molecule has 0 aliphatic carbocycles. The van der Waals surface area contributed by atoms with Crippen molar-refractivity contribution >= 4 is 11.6 Å². The van der Waals surface area contributed by atoms with Gasteiger partial charge in [0.25, 0.3) is 0 Å². The van der Waals surface area contributed by atoms with Crippen LogP contribution in [0.1, 0.15) is 32.2 Å². The topological polar surface area (TPSA) is 68.3 Å². The summed E-state index contributed by atoms with van der Waals surface area (Å²) < 4.78 is 11.1. The fourth-order valence-electron chi connectivity index (χ4n) is 2.13. The van der Waals surface area contributed by atoms with Crippen LogP contribution in [0.3, 0.4) is 0 Å². The number of ether oxygens (including phenoxy) is 2. The van der Waals surface area contributed by atoms with Gasteiger partial charge in [0, 0.05) is 24.6 Å². The van der Waals surface area contributed by atoms with Gasteiger partial charge >= 0.3 is 0 Å². The van der Waals surface area contributed by atoms with E-state index in [0.29, 0.717) is 26.4 Å². The summed E-state index contributed by atoms with van der Waals surface area (Å²) in [7, 11) is 1.88. The average Bonchev–Trinajstić information content (AvgIpc) is 2.46. The molecule has 1 atom stereocenters. The third-order valence-electron chi connectivity index (χ3n) is 3.44. The van der Waals surface area contributed by atoms with E-state index in [-0.39, 0.29) is 11.5 Å². The predicted octanol–water partition coefficient (Wildman–Crippen LogP) is 1.95. The zero-order chi connectivity index (χ0) is 15.5. The van der Waals surface area contributed by atoms with Gasteiger partial charge in [-0.15, -0.1) is 0 Å². The van der Waals surface area contributed by atoms with E-state index in [1.807, 2.05) is 14.0 Å². The van der Waals surface area contributed by atoms with Crippen molar-refractivity contribution < 1.29 is 9.47 Å². The number of aromatic nitrogens is 2. The van der Waals surface area contributed by atoms with Gasteiger partial charge in [0.2, 0.25) is 0 Å². The minimum Gasteiger partial charge on any atom is -0.376 e. The largest absolute Gasteiger partial charge is 0.376 e. The molecule has 1 unspecified atom stereocenters. The highest BCUT2D eigenvalue weighted by Gasteiger charge is 2.21. The molecule has 6 heteroatoms. The van der Waals surface area contributed by atoms with E-state index in [1.54, 1.807) is 0 Å². The lowest BCUT2D eigenvalue weighted by atomic mass is 9.95. The lowest BCUT2D eigenvalue weighted by molar-refractivity contribution is -0.0819. The lowest BCUT2D eigenvalue weighted by Gasteiger charge is -2.25. The van der Waals surface area contributed by atoms with Crippen molar-refractivity contribution in [1.29, 1.82) is 0 Å². The van der Waals surface area contributed by atoms with E-state index < -0.39 is 0 Å². The molecule has 2 rings (SSSR count). The van der Waals surface area contributed by atoms with Crippen molar-refractivity contribution in [1.82, 2.24) is 9.97 Å². The number of nitrogens with one attached hydrogen (secondary N) is 2. The Morgan fingerprint density at radius 1 is 1.19 bits per heavy atom. The maximum Gasteiger partial charge on any atom is 0.138 e. The van der Waals surface area contributed by atoms with E-state index in [4.69, 9.17) is 9.47 Å². The Hall–Kier alpha value is -1.40. The molecule has 0 aromatic carbocycles. The van der Waals surface area contributed by atoms with E-state index in [2.05, 4.69) is 41.4 Å². The van der Waals surface area contributed by atoms with Crippen LogP contribution >= 0.6 is 0 Å². The monoisotopic (exact) mass is 294 g/mol. The maximum absolute atomic E-state index is 5.65. The first-order chi connectivity index (χ1) is 9.91. The normalized spacial score (nSPS) is 19.4. The van der Waals surface area contributed by atoms with E-state index in [9.17, 15) is 0 Å². The van der Waals surface area contributed by atoms with Gasteiger partial charge in [-0.25, -0.2) is 9.97 Å². The van der Waals surface area contributed by atoms with Crippen LogP contribution in [0.5, 0.6) is 0 Å². The fourth-order valence-corrected chi connectivity index (χ4v) is 2.13. The molecule has 1 saturated heterocycles. The molecular formula is C15H26N4O2. The van der Waals surface area contributed by atoms with E-state index in [0.717, 1.165) is 23.0 Å². The van der Waals surface area contributed by atoms with Crippen LogP contribution in [0.2, 0.25) is 0 Å². The molecule has 6 nitrogen and oxygen atoms in total. The van der Waals surface area contributed by atoms with Gasteiger partial charge in [0.05, 0.1) is 25.9 Å².